The van der Waals surface area contributed by atoms with Crippen LogP contribution in [0.1, 0.15) is 23.3 Å². The number of aromatic nitrogens is 4. The molecule has 2 N–H and O–H groups in total. The van der Waals surface area contributed by atoms with E-state index >= 15 is 0 Å². The number of thioether (sulfide) groups is 1. The number of hydrogen-bond donors (Lipinski definition) is 2. The average molecular weight is 453 g/mol. The van der Waals surface area contributed by atoms with Crippen molar-refractivity contribution in [2.24, 2.45) is 0 Å². The number of anilines is 1. The van der Waals surface area contributed by atoms with Crippen LogP contribution in [0.4, 0.5) is 5.13 Å². The van der Waals surface area contributed by atoms with Crippen LogP contribution in [0.3, 0.4) is 0 Å². The van der Waals surface area contributed by atoms with Gasteiger partial charge in [0, 0.05) is 18.0 Å². The molecule has 9 nitrogen and oxygen atoms in total. The van der Waals surface area contributed by atoms with E-state index in [1.807, 2.05) is 13.8 Å². The van der Waals surface area contributed by atoms with Crippen molar-refractivity contribution in [1.82, 2.24) is 19.9 Å². The lowest BCUT2D eigenvalue weighted by Gasteiger charge is -2.08. The SMILES string of the molecule is Cc1sc2ncn(NC(=O)CSc3nnc(NCC4CCCO4)s3)c(=O)c2c1C. The van der Waals surface area contributed by atoms with Crippen LogP contribution >= 0.6 is 34.4 Å². The molecule has 4 rings (SSSR count). The van der Waals surface area contributed by atoms with Crippen LogP contribution in [-0.4, -0.2) is 50.8 Å². The van der Waals surface area contributed by atoms with Gasteiger partial charge in [-0.05, 0) is 32.3 Å². The Morgan fingerprint density at radius 2 is 2.24 bits per heavy atom. The summed E-state index contributed by atoms with van der Waals surface area (Å²) < 4.78 is 7.38. The lowest BCUT2D eigenvalue weighted by Crippen LogP contribution is -2.34. The molecule has 0 aromatic carbocycles. The predicted molar refractivity (Wildman–Crippen MR) is 116 cm³/mol. The first-order chi connectivity index (χ1) is 14.0. The highest BCUT2D eigenvalue weighted by Crippen LogP contribution is 2.26. The van der Waals surface area contributed by atoms with Crippen molar-refractivity contribution in [3.63, 3.8) is 0 Å². The molecule has 29 heavy (non-hydrogen) atoms. The van der Waals surface area contributed by atoms with E-state index in [9.17, 15) is 9.59 Å². The van der Waals surface area contributed by atoms with Gasteiger partial charge in [0.05, 0.1) is 17.2 Å². The monoisotopic (exact) mass is 452 g/mol. The third-order valence-electron chi connectivity index (χ3n) is 4.57. The van der Waals surface area contributed by atoms with Gasteiger partial charge in [0.25, 0.3) is 5.56 Å². The Morgan fingerprint density at radius 3 is 3.03 bits per heavy atom. The van der Waals surface area contributed by atoms with E-state index in [1.165, 1.54) is 40.8 Å². The molecule has 1 aliphatic heterocycles. The summed E-state index contributed by atoms with van der Waals surface area (Å²) in [5.41, 5.74) is 3.22. The van der Waals surface area contributed by atoms with Crippen LogP contribution in [0, 0.1) is 13.8 Å². The van der Waals surface area contributed by atoms with E-state index in [2.05, 4.69) is 25.9 Å². The minimum Gasteiger partial charge on any atom is -0.376 e. The Kier molecular flexibility index (Phi) is 6.13. The van der Waals surface area contributed by atoms with Crippen molar-refractivity contribution >= 4 is 55.7 Å². The maximum Gasteiger partial charge on any atom is 0.281 e. The Hall–Kier alpha value is -2.02. The molecule has 4 heterocycles. The fraction of sp³-hybridized carbons (Fsp3) is 0.471. The highest BCUT2D eigenvalue weighted by Gasteiger charge is 2.17. The first kappa shape index (κ1) is 20.3. The molecule has 1 aliphatic rings. The summed E-state index contributed by atoms with van der Waals surface area (Å²) in [6, 6.07) is 0. The first-order valence-electron chi connectivity index (χ1n) is 9.10. The summed E-state index contributed by atoms with van der Waals surface area (Å²) in [6.07, 6.45) is 3.72. The second-order valence-corrected chi connectivity index (χ2v) is 10.00. The highest BCUT2D eigenvalue weighted by molar-refractivity contribution is 8.01. The highest BCUT2D eigenvalue weighted by atomic mass is 32.2. The van der Waals surface area contributed by atoms with E-state index in [4.69, 9.17) is 4.74 Å². The molecule has 0 aliphatic carbocycles. The number of amides is 1. The molecule has 1 unspecified atom stereocenters. The number of thiophene rings is 1. The summed E-state index contributed by atoms with van der Waals surface area (Å²) >= 11 is 4.13. The minimum atomic E-state index is -0.313. The zero-order chi connectivity index (χ0) is 20.4. The standard InChI is InChI=1S/C17H20N6O3S3/c1-9-10(2)28-14-13(9)15(25)23(8-19-14)22-12(24)7-27-17-21-20-16(29-17)18-6-11-4-3-5-26-11/h8,11H,3-7H2,1-2H3,(H,18,20)(H,22,24). The number of fused-ring (bicyclic) bond motifs is 1. The van der Waals surface area contributed by atoms with Crippen LogP contribution in [0.15, 0.2) is 15.5 Å². The Bertz CT molecular complexity index is 1090. The van der Waals surface area contributed by atoms with Gasteiger partial charge < -0.3 is 10.1 Å². The molecule has 12 heteroatoms. The Balaban J connectivity index is 1.32. The molecule has 0 saturated carbocycles. The van der Waals surface area contributed by atoms with Crippen molar-refractivity contribution in [2.45, 2.75) is 37.1 Å². The summed E-state index contributed by atoms with van der Waals surface area (Å²) in [4.78, 5) is 30.9. The summed E-state index contributed by atoms with van der Waals surface area (Å²) in [5, 5.41) is 12.6. The largest absolute Gasteiger partial charge is 0.376 e. The molecule has 0 radical (unpaired) electrons. The van der Waals surface area contributed by atoms with Gasteiger partial charge in [-0.2, -0.15) is 0 Å². The molecule has 0 spiro atoms. The van der Waals surface area contributed by atoms with E-state index in [1.54, 1.807) is 0 Å². The fourth-order valence-electron chi connectivity index (χ4n) is 2.95. The number of carbonyl (C=O) groups is 1. The van der Waals surface area contributed by atoms with Crippen molar-refractivity contribution in [3.05, 3.63) is 27.1 Å². The lowest BCUT2D eigenvalue weighted by molar-refractivity contribution is -0.114. The van der Waals surface area contributed by atoms with Gasteiger partial charge in [-0.3, -0.25) is 15.0 Å². The van der Waals surface area contributed by atoms with Gasteiger partial charge in [0.1, 0.15) is 11.2 Å². The molecule has 1 atom stereocenters. The summed E-state index contributed by atoms with van der Waals surface area (Å²) in [5.74, 6) is -0.195. The number of ether oxygens (including phenoxy) is 1. The van der Waals surface area contributed by atoms with Crippen molar-refractivity contribution < 1.29 is 9.53 Å². The van der Waals surface area contributed by atoms with Gasteiger partial charge >= 0.3 is 0 Å². The fourth-order valence-corrected chi connectivity index (χ4v) is 5.49. The molecule has 1 fully saturated rings. The lowest BCUT2D eigenvalue weighted by atomic mass is 10.2. The van der Waals surface area contributed by atoms with Crippen molar-refractivity contribution in [1.29, 1.82) is 0 Å². The molecular weight excluding hydrogens is 432 g/mol. The van der Waals surface area contributed by atoms with Crippen LogP contribution < -0.4 is 16.3 Å². The van der Waals surface area contributed by atoms with Gasteiger partial charge in [0.15, 0.2) is 4.34 Å². The van der Waals surface area contributed by atoms with Gasteiger partial charge in [-0.25, -0.2) is 9.66 Å². The van der Waals surface area contributed by atoms with E-state index in [-0.39, 0.29) is 23.3 Å². The third kappa shape index (κ3) is 4.60. The summed E-state index contributed by atoms with van der Waals surface area (Å²) in [7, 11) is 0. The Labute approximate surface area is 178 Å². The van der Waals surface area contributed by atoms with Gasteiger partial charge in [-0.1, -0.05) is 23.1 Å². The topological polar surface area (TPSA) is 111 Å². The maximum atomic E-state index is 12.6. The van der Waals surface area contributed by atoms with E-state index in [0.29, 0.717) is 26.2 Å². The van der Waals surface area contributed by atoms with Crippen molar-refractivity contribution in [2.75, 3.05) is 29.6 Å². The number of aryl methyl sites for hydroxylation is 2. The molecule has 3 aromatic heterocycles. The number of hydrogen-bond acceptors (Lipinski definition) is 10. The quantitative estimate of drug-likeness (QED) is 0.526. The molecule has 1 amide bonds. The predicted octanol–water partition coefficient (Wildman–Crippen LogP) is 2.38. The number of rotatable bonds is 7. The maximum absolute atomic E-state index is 12.6. The molecule has 0 bridgehead atoms. The summed E-state index contributed by atoms with van der Waals surface area (Å²) in [6.45, 7) is 5.36. The smallest absolute Gasteiger partial charge is 0.281 e. The van der Waals surface area contributed by atoms with Crippen LogP contribution in [0.25, 0.3) is 10.2 Å². The van der Waals surface area contributed by atoms with Crippen LogP contribution in [0.2, 0.25) is 0 Å². The normalized spacial score (nSPS) is 16.4. The second kappa shape index (κ2) is 8.78. The number of carbonyl (C=O) groups excluding carboxylic acids is 1. The van der Waals surface area contributed by atoms with Crippen LogP contribution in [-0.2, 0) is 9.53 Å². The third-order valence-corrected chi connectivity index (χ3v) is 7.70. The molecule has 154 valence electrons. The second-order valence-electron chi connectivity index (χ2n) is 6.60. The molecule has 3 aromatic rings. The van der Waals surface area contributed by atoms with E-state index in [0.717, 1.165) is 34.6 Å². The van der Waals surface area contributed by atoms with Crippen molar-refractivity contribution in [3.8, 4) is 0 Å². The average Bonchev–Trinajstić information content (AvgIpc) is 3.43. The van der Waals surface area contributed by atoms with E-state index < -0.39 is 0 Å². The van der Waals surface area contributed by atoms with Crippen LogP contribution in [0.5, 0.6) is 0 Å². The molecular formula is C17H20N6O3S3. The number of nitrogens with zero attached hydrogens (tertiary/aromatic N) is 4. The van der Waals surface area contributed by atoms with Gasteiger partial charge in [-0.15, -0.1) is 21.5 Å². The minimum absolute atomic E-state index is 0.118. The first-order valence-corrected chi connectivity index (χ1v) is 11.7. The Morgan fingerprint density at radius 1 is 1.38 bits per heavy atom. The zero-order valence-electron chi connectivity index (χ0n) is 15.9. The number of nitrogens with one attached hydrogen (secondary N) is 2. The van der Waals surface area contributed by atoms with Gasteiger partial charge in [0.2, 0.25) is 11.0 Å². The molecule has 1 saturated heterocycles. The zero-order valence-corrected chi connectivity index (χ0v) is 18.4.